The first kappa shape index (κ1) is 51.6. The molecule has 3 aromatic carbocycles. The van der Waals surface area contributed by atoms with E-state index in [1.54, 1.807) is 21.9 Å². The predicted molar refractivity (Wildman–Crippen MR) is 246 cm³/mol. The van der Waals surface area contributed by atoms with Crippen molar-refractivity contribution in [1.82, 2.24) is 9.80 Å². The Kier molecular flexibility index (Phi) is 20.6. The Hall–Kier alpha value is -4.75. The zero-order valence-electron chi connectivity index (χ0n) is 39.1. The van der Waals surface area contributed by atoms with Crippen LogP contribution in [0.3, 0.4) is 0 Å². The number of ether oxygens (including phenoxy) is 4. The van der Waals surface area contributed by atoms with Gasteiger partial charge in [-0.1, -0.05) is 27.7 Å². The van der Waals surface area contributed by atoms with Gasteiger partial charge in [-0.25, -0.2) is 9.59 Å². The summed E-state index contributed by atoms with van der Waals surface area (Å²) in [4.78, 5) is 34.5. The van der Waals surface area contributed by atoms with Crippen LogP contribution in [0.25, 0.3) is 0 Å². The van der Waals surface area contributed by atoms with Crippen LogP contribution in [0, 0.1) is 11.8 Å². The highest BCUT2D eigenvalue weighted by molar-refractivity contribution is 5.69. The summed E-state index contributed by atoms with van der Waals surface area (Å²) in [5.41, 5.74) is 2.64. The standard InChI is InChI=1S/C19H30N2O3.C15H22N2O3.C14H22N2O.ClH/c1-15(2)14-23-17-8-6-16(7-9-17)20-10-12-21(13-11-20)18(22)24-19(3,4)5;1-15(2,3)20-14(19)17-10-8-16(9-11-17)12-4-6-13(18)7-5-12;1-12(2)11-17-14-5-3-13(4-6-14)16-9-7-15-8-10-16;/h6-9,15H,10-14H2,1-5H3;4-7,18H,8-11H2,1-3H3;3-6,12,15H,7-11H2,1-2H3;1H. The minimum absolute atomic E-state index is 0. The van der Waals surface area contributed by atoms with Crippen LogP contribution in [0.15, 0.2) is 72.8 Å². The number of nitrogens with two attached hydrogens (primary N) is 1. The Morgan fingerprint density at radius 3 is 1.15 bits per heavy atom. The molecule has 0 saturated carbocycles. The molecule has 0 aromatic heterocycles. The van der Waals surface area contributed by atoms with E-state index in [2.05, 4.69) is 84.1 Å². The number of hydrogen-bond donors (Lipinski definition) is 2. The quantitative estimate of drug-likeness (QED) is 0.321. The second kappa shape index (κ2) is 24.8. The topological polar surface area (TPSA) is 124 Å². The van der Waals surface area contributed by atoms with E-state index in [9.17, 15) is 14.7 Å². The second-order valence-electron chi connectivity index (χ2n) is 18.7. The number of quaternary nitrogens is 1. The van der Waals surface area contributed by atoms with E-state index in [4.69, 9.17) is 18.9 Å². The van der Waals surface area contributed by atoms with Crippen molar-refractivity contribution in [3.05, 3.63) is 72.8 Å². The minimum Gasteiger partial charge on any atom is -1.00 e. The number of anilines is 3. The van der Waals surface area contributed by atoms with Gasteiger partial charge in [0.1, 0.15) is 28.5 Å². The highest BCUT2D eigenvalue weighted by Gasteiger charge is 2.27. The lowest BCUT2D eigenvalue weighted by molar-refractivity contribution is -0.655. The van der Waals surface area contributed by atoms with Gasteiger partial charge in [-0.2, -0.15) is 0 Å². The predicted octanol–water partition coefficient (Wildman–Crippen LogP) is 4.34. The maximum atomic E-state index is 12.1. The highest BCUT2D eigenvalue weighted by Crippen LogP contribution is 2.24. The number of aromatic hydroxyl groups is 1. The van der Waals surface area contributed by atoms with Gasteiger partial charge in [-0.05, 0) is 126 Å². The Balaban J connectivity index is 0.000000249. The minimum atomic E-state index is -0.453. The lowest BCUT2D eigenvalue weighted by atomic mass is 10.2. The lowest BCUT2D eigenvalue weighted by Crippen LogP contribution is -3.00. The molecule has 3 heterocycles. The van der Waals surface area contributed by atoms with E-state index in [0.29, 0.717) is 38.0 Å². The zero-order chi connectivity index (χ0) is 44.6. The number of amides is 2. The molecular formula is C48H75ClN6O7. The molecule has 3 aromatic rings. The van der Waals surface area contributed by atoms with E-state index in [1.165, 1.54) is 18.8 Å². The van der Waals surface area contributed by atoms with Gasteiger partial charge in [0.15, 0.2) is 0 Å². The first-order valence-electron chi connectivity index (χ1n) is 22.1. The number of nitrogens with zero attached hydrogens (tertiary/aromatic N) is 5. The van der Waals surface area contributed by atoms with Crippen LogP contribution in [0.5, 0.6) is 17.2 Å². The summed E-state index contributed by atoms with van der Waals surface area (Å²) in [6, 6.07) is 23.8. The van der Waals surface area contributed by atoms with E-state index in [0.717, 1.165) is 75.4 Å². The molecule has 62 heavy (non-hydrogen) atoms. The van der Waals surface area contributed by atoms with Crippen LogP contribution in [-0.4, -0.2) is 130 Å². The van der Waals surface area contributed by atoms with Gasteiger partial charge < -0.3 is 66.3 Å². The summed E-state index contributed by atoms with van der Waals surface area (Å²) in [6.07, 6.45) is -0.470. The Labute approximate surface area is 378 Å². The second-order valence-corrected chi connectivity index (χ2v) is 18.7. The summed E-state index contributed by atoms with van der Waals surface area (Å²) >= 11 is 0. The molecular weight excluding hydrogens is 808 g/mol. The third-order valence-electron chi connectivity index (χ3n) is 9.85. The van der Waals surface area contributed by atoms with Crippen LogP contribution in [-0.2, 0) is 9.47 Å². The molecule has 0 unspecified atom stereocenters. The lowest BCUT2D eigenvalue weighted by Gasteiger charge is -2.36. The third kappa shape index (κ3) is 18.7. The Morgan fingerprint density at radius 1 is 0.532 bits per heavy atom. The molecule has 13 nitrogen and oxygen atoms in total. The number of carbonyl (C=O) groups excluding carboxylic acids is 2. The number of hydrogen-bond acceptors (Lipinski definition) is 10. The van der Waals surface area contributed by atoms with Crippen molar-refractivity contribution >= 4 is 29.2 Å². The fourth-order valence-electron chi connectivity index (χ4n) is 6.65. The highest BCUT2D eigenvalue weighted by atomic mass is 35.5. The number of piperazine rings is 3. The van der Waals surface area contributed by atoms with Gasteiger partial charge in [-0.15, -0.1) is 0 Å². The van der Waals surface area contributed by atoms with Gasteiger partial charge in [0.25, 0.3) is 0 Å². The first-order valence-corrected chi connectivity index (χ1v) is 22.1. The molecule has 2 amide bonds. The summed E-state index contributed by atoms with van der Waals surface area (Å²) in [5, 5.41) is 11.7. The molecule has 0 radical (unpaired) electrons. The molecule has 3 saturated heterocycles. The van der Waals surface area contributed by atoms with Crippen molar-refractivity contribution < 1.29 is 51.4 Å². The Bertz CT molecular complexity index is 1730. The molecule has 0 aliphatic carbocycles. The van der Waals surface area contributed by atoms with E-state index < -0.39 is 11.2 Å². The molecule has 3 aliphatic rings. The van der Waals surface area contributed by atoms with Gasteiger partial charge in [0.2, 0.25) is 0 Å². The van der Waals surface area contributed by atoms with Crippen molar-refractivity contribution in [2.75, 3.05) is 106 Å². The molecule has 346 valence electrons. The average Bonchev–Trinajstić information content (AvgIpc) is 3.22. The number of carbonyl (C=O) groups is 2. The van der Waals surface area contributed by atoms with Crippen molar-refractivity contribution in [2.24, 2.45) is 11.8 Å². The van der Waals surface area contributed by atoms with Crippen molar-refractivity contribution in [1.29, 1.82) is 0 Å². The van der Waals surface area contributed by atoms with Crippen LogP contribution in [0.4, 0.5) is 26.7 Å². The monoisotopic (exact) mass is 883 g/mol. The Morgan fingerprint density at radius 2 is 0.839 bits per heavy atom. The van der Waals surface area contributed by atoms with E-state index in [1.807, 2.05) is 65.8 Å². The summed E-state index contributed by atoms with van der Waals surface area (Å²) in [7, 11) is 0. The van der Waals surface area contributed by atoms with Crippen LogP contribution >= 0.6 is 0 Å². The first-order chi connectivity index (χ1) is 28.8. The van der Waals surface area contributed by atoms with Crippen LogP contribution < -0.4 is 41.9 Å². The fourth-order valence-corrected chi connectivity index (χ4v) is 6.65. The van der Waals surface area contributed by atoms with Gasteiger partial charge in [0.05, 0.1) is 39.4 Å². The molecule has 0 bridgehead atoms. The molecule has 14 heteroatoms. The van der Waals surface area contributed by atoms with E-state index in [-0.39, 0.29) is 30.3 Å². The zero-order valence-corrected chi connectivity index (χ0v) is 39.8. The molecule has 6 rings (SSSR count). The fraction of sp³-hybridized carbons (Fsp3) is 0.583. The van der Waals surface area contributed by atoms with Crippen molar-refractivity contribution in [2.45, 2.75) is 80.4 Å². The third-order valence-corrected chi connectivity index (χ3v) is 9.85. The molecule has 0 spiro atoms. The van der Waals surface area contributed by atoms with E-state index >= 15 is 0 Å². The van der Waals surface area contributed by atoms with Gasteiger partial charge >= 0.3 is 12.2 Å². The number of halogens is 1. The van der Waals surface area contributed by atoms with Crippen LogP contribution in [0.1, 0.15) is 69.2 Å². The SMILES string of the molecule is CC(C)(C)OC(=O)N1CCN(c2ccc(O)cc2)CC1.CC(C)COc1ccc(N2CCN(C(=O)OC(C)(C)C)CC2)cc1.CC(C)COc1ccc(N2CC[NH2+]CC2)cc1.[Cl-]. The average molecular weight is 884 g/mol. The van der Waals surface area contributed by atoms with Crippen molar-refractivity contribution in [3.63, 3.8) is 0 Å². The van der Waals surface area contributed by atoms with Gasteiger partial charge in [0, 0.05) is 69.4 Å². The molecule has 3 N–H and O–H groups in total. The summed E-state index contributed by atoms with van der Waals surface area (Å²) in [6.45, 7) is 31.9. The maximum absolute atomic E-state index is 12.1. The number of phenols is 1. The smallest absolute Gasteiger partial charge is 0.410 e. The largest absolute Gasteiger partial charge is 1.00 e. The number of benzene rings is 3. The summed E-state index contributed by atoms with van der Waals surface area (Å²) in [5.74, 6) is 3.24. The molecule has 0 atom stereocenters. The summed E-state index contributed by atoms with van der Waals surface area (Å²) < 4.78 is 22.2. The number of rotatable bonds is 9. The van der Waals surface area contributed by atoms with Crippen molar-refractivity contribution in [3.8, 4) is 17.2 Å². The van der Waals surface area contributed by atoms with Gasteiger partial charge in [-0.3, -0.25) is 0 Å². The van der Waals surface area contributed by atoms with Crippen LogP contribution in [0.2, 0.25) is 0 Å². The molecule has 3 fully saturated rings. The molecule has 3 aliphatic heterocycles. The normalized spacial score (nSPS) is 15.7. The number of phenolic OH excluding ortho intramolecular Hbond substituents is 1. The maximum Gasteiger partial charge on any atom is 0.410 e.